The molecule has 0 bridgehead atoms. The van der Waals surface area contributed by atoms with E-state index in [1.807, 2.05) is 58.2 Å². The van der Waals surface area contributed by atoms with Crippen LogP contribution in [-0.4, -0.2) is 61.5 Å². The summed E-state index contributed by atoms with van der Waals surface area (Å²) < 4.78 is 1.65. The van der Waals surface area contributed by atoms with Gasteiger partial charge in [0.2, 0.25) is 11.8 Å². The molecule has 8 nitrogen and oxygen atoms in total. The number of aliphatic hydroxyl groups is 1. The summed E-state index contributed by atoms with van der Waals surface area (Å²) in [5, 5.41) is 23.1. The molecular weight excluding hydrogens is 490 g/mol. The highest BCUT2D eigenvalue weighted by Gasteiger charge is 2.48. The Morgan fingerprint density at radius 2 is 1.86 bits per heavy atom. The van der Waals surface area contributed by atoms with E-state index in [0.717, 1.165) is 37.8 Å². The highest BCUT2D eigenvalue weighted by Crippen LogP contribution is 2.47. The van der Waals surface area contributed by atoms with E-state index in [4.69, 9.17) is 11.6 Å². The number of aromatic nitrogens is 3. The van der Waals surface area contributed by atoms with Crippen molar-refractivity contribution in [3.8, 4) is 0 Å². The number of nitrogens with one attached hydrogen (secondary N) is 1. The van der Waals surface area contributed by atoms with E-state index >= 15 is 0 Å². The zero-order valence-corrected chi connectivity index (χ0v) is 22.9. The van der Waals surface area contributed by atoms with Gasteiger partial charge in [-0.3, -0.25) is 9.59 Å². The van der Waals surface area contributed by atoms with Gasteiger partial charge in [0.25, 0.3) is 0 Å². The molecule has 200 valence electrons. The van der Waals surface area contributed by atoms with Crippen LogP contribution in [0.15, 0.2) is 30.5 Å². The molecule has 2 aliphatic carbocycles. The number of carbonyl (C=O) groups is 2. The van der Waals surface area contributed by atoms with Gasteiger partial charge >= 0.3 is 0 Å². The number of aliphatic hydroxyl groups excluding tert-OH is 1. The number of rotatable bonds is 7. The largest absolute Gasteiger partial charge is 0.391 e. The van der Waals surface area contributed by atoms with E-state index in [-0.39, 0.29) is 36.2 Å². The maximum atomic E-state index is 14.0. The van der Waals surface area contributed by atoms with Crippen LogP contribution in [-0.2, 0) is 15.0 Å². The van der Waals surface area contributed by atoms with Crippen LogP contribution in [0.25, 0.3) is 0 Å². The van der Waals surface area contributed by atoms with Gasteiger partial charge in [-0.2, -0.15) is 0 Å². The van der Waals surface area contributed by atoms with Gasteiger partial charge in [0.05, 0.1) is 11.8 Å². The van der Waals surface area contributed by atoms with Gasteiger partial charge in [-0.05, 0) is 55.7 Å². The highest BCUT2D eigenvalue weighted by molar-refractivity contribution is 6.30. The van der Waals surface area contributed by atoms with Crippen molar-refractivity contribution in [2.75, 3.05) is 6.54 Å². The van der Waals surface area contributed by atoms with Crippen LogP contribution in [0.4, 0.5) is 0 Å². The maximum Gasteiger partial charge on any atom is 0.248 e. The Labute approximate surface area is 223 Å². The molecule has 3 aliphatic rings. The van der Waals surface area contributed by atoms with Crippen LogP contribution < -0.4 is 5.32 Å². The molecule has 1 aromatic heterocycles. The number of carbonyl (C=O) groups excluding carboxylic acids is 2. The molecule has 2 aromatic rings. The summed E-state index contributed by atoms with van der Waals surface area (Å²) in [6.45, 7) is 8.14. The molecule has 1 unspecified atom stereocenters. The molecule has 0 spiro atoms. The third kappa shape index (κ3) is 5.02. The van der Waals surface area contributed by atoms with Gasteiger partial charge in [0.15, 0.2) is 0 Å². The first-order valence-corrected chi connectivity index (χ1v) is 13.8. The van der Waals surface area contributed by atoms with E-state index in [2.05, 4.69) is 15.6 Å². The molecule has 0 radical (unpaired) electrons. The van der Waals surface area contributed by atoms with E-state index in [0.29, 0.717) is 10.9 Å². The number of amides is 2. The third-order valence-electron chi connectivity index (χ3n) is 8.56. The summed E-state index contributed by atoms with van der Waals surface area (Å²) in [6, 6.07) is 6.39. The molecule has 1 aliphatic heterocycles. The van der Waals surface area contributed by atoms with Crippen molar-refractivity contribution >= 4 is 23.4 Å². The number of likely N-dealkylation sites (tertiary alicyclic amines) is 1. The first-order valence-electron chi connectivity index (χ1n) is 13.5. The number of β-amino-alcohol motifs (C(OH)–C–C–N with tert-alkyl or cyclic N) is 1. The second-order valence-electron chi connectivity index (χ2n) is 12.3. The molecule has 1 saturated heterocycles. The first kappa shape index (κ1) is 26.2. The molecule has 1 aromatic carbocycles. The monoisotopic (exact) mass is 527 g/mol. The number of nitrogens with zero attached hydrogens (tertiary/aromatic N) is 4. The van der Waals surface area contributed by atoms with Crippen molar-refractivity contribution in [1.29, 1.82) is 0 Å². The Morgan fingerprint density at radius 1 is 1.19 bits per heavy atom. The maximum absolute atomic E-state index is 14.0. The minimum absolute atomic E-state index is 0.126. The lowest BCUT2D eigenvalue weighted by Crippen LogP contribution is -2.57. The van der Waals surface area contributed by atoms with Gasteiger partial charge < -0.3 is 15.3 Å². The van der Waals surface area contributed by atoms with Crippen molar-refractivity contribution < 1.29 is 14.7 Å². The normalized spacial score (nSPS) is 24.9. The lowest BCUT2D eigenvalue weighted by Gasteiger charge is -2.47. The standard InChI is InChI=1S/C28H38ClN5O3/c1-17(28(12-5-13-28)19-8-10-20(29)11-9-19)30-25(36)23-14-21(35)15-33(23)26(37)24(27(2,3)4)34-16-22(31-32-34)18-6-7-18/h8-11,16-18,21,23-24,35H,5-7,12-15H2,1-4H3,(H,30,36)/t17?,21-,23+,24-/m1/s1. The number of benzene rings is 1. The van der Waals surface area contributed by atoms with Gasteiger partial charge in [0, 0.05) is 41.6 Å². The summed E-state index contributed by atoms with van der Waals surface area (Å²) in [5.41, 5.74) is 1.47. The predicted octanol–water partition coefficient (Wildman–Crippen LogP) is 3.98. The average Bonchev–Trinajstić information content (AvgIpc) is 3.40. The lowest BCUT2D eigenvalue weighted by atomic mass is 9.60. The summed E-state index contributed by atoms with van der Waals surface area (Å²) >= 11 is 6.11. The summed E-state index contributed by atoms with van der Waals surface area (Å²) in [6.07, 6.45) is 6.61. The van der Waals surface area contributed by atoms with Crippen LogP contribution in [0, 0.1) is 5.41 Å². The summed E-state index contributed by atoms with van der Waals surface area (Å²) in [5.74, 6) is 0.000256. The Balaban J connectivity index is 1.35. The zero-order valence-electron chi connectivity index (χ0n) is 22.2. The van der Waals surface area contributed by atoms with Crippen LogP contribution in [0.2, 0.25) is 5.02 Å². The van der Waals surface area contributed by atoms with Crippen LogP contribution >= 0.6 is 11.6 Å². The van der Waals surface area contributed by atoms with Gasteiger partial charge in [-0.25, -0.2) is 4.68 Å². The molecule has 5 rings (SSSR count). The fourth-order valence-electron chi connectivity index (χ4n) is 6.09. The molecule has 37 heavy (non-hydrogen) atoms. The molecule has 2 N–H and O–H groups in total. The zero-order chi connectivity index (χ0) is 26.5. The number of hydrogen-bond donors (Lipinski definition) is 2. The van der Waals surface area contributed by atoms with Gasteiger partial charge in [-0.15, -0.1) is 5.10 Å². The predicted molar refractivity (Wildman–Crippen MR) is 141 cm³/mol. The Kier molecular flexibility index (Phi) is 6.86. The minimum Gasteiger partial charge on any atom is -0.391 e. The average molecular weight is 528 g/mol. The molecule has 2 saturated carbocycles. The van der Waals surface area contributed by atoms with E-state index in [1.165, 1.54) is 5.56 Å². The van der Waals surface area contributed by atoms with Crippen molar-refractivity contribution in [2.45, 2.75) is 102 Å². The van der Waals surface area contributed by atoms with Gasteiger partial charge in [-0.1, -0.05) is 56.1 Å². The lowest BCUT2D eigenvalue weighted by molar-refractivity contribution is -0.144. The second-order valence-corrected chi connectivity index (χ2v) is 12.7. The van der Waals surface area contributed by atoms with Gasteiger partial charge in [0.1, 0.15) is 12.1 Å². The van der Waals surface area contributed by atoms with Crippen molar-refractivity contribution in [3.63, 3.8) is 0 Å². The fourth-order valence-corrected chi connectivity index (χ4v) is 6.21. The quantitative estimate of drug-likeness (QED) is 0.567. The Hall–Kier alpha value is -2.45. The molecule has 2 heterocycles. The minimum atomic E-state index is -0.748. The van der Waals surface area contributed by atoms with E-state index < -0.39 is 23.6 Å². The highest BCUT2D eigenvalue weighted by atomic mass is 35.5. The summed E-state index contributed by atoms with van der Waals surface area (Å²) in [7, 11) is 0. The molecule has 9 heteroatoms. The van der Waals surface area contributed by atoms with E-state index in [1.54, 1.807) is 9.58 Å². The number of hydrogen-bond acceptors (Lipinski definition) is 5. The second kappa shape index (κ2) is 9.70. The topological polar surface area (TPSA) is 100 Å². The molecular formula is C28H38ClN5O3. The van der Waals surface area contributed by atoms with Crippen molar-refractivity contribution in [2.24, 2.45) is 5.41 Å². The number of halogens is 1. The fraction of sp³-hybridized carbons (Fsp3) is 0.643. The summed E-state index contributed by atoms with van der Waals surface area (Å²) in [4.78, 5) is 29.2. The SMILES string of the molecule is CC(NC(=O)[C@@H]1C[C@@H](O)CN1C(=O)[C@@H](n1cc(C2CC2)nn1)C(C)(C)C)C1(c2ccc(Cl)cc2)CCC1. The van der Waals surface area contributed by atoms with Crippen molar-refractivity contribution in [1.82, 2.24) is 25.2 Å². The Morgan fingerprint density at radius 3 is 2.43 bits per heavy atom. The van der Waals surface area contributed by atoms with Crippen LogP contribution in [0.1, 0.15) is 89.4 Å². The van der Waals surface area contributed by atoms with Crippen molar-refractivity contribution in [3.05, 3.63) is 46.7 Å². The first-order chi connectivity index (χ1) is 17.5. The third-order valence-corrected chi connectivity index (χ3v) is 8.81. The van der Waals surface area contributed by atoms with Crippen LogP contribution in [0.5, 0.6) is 0 Å². The van der Waals surface area contributed by atoms with E-state index in [9.17, 15) is 14.7 Å². The molecule has 4 atom stereocenters. The Bertz CT molecular complexity index is 1150. The van der Waals surface area contributed by atoms with Crippen LogP contribution in [0.3, 0.4) is 0 Å². The molecule has 3 fully saturated rings. The smallest absolute Gasteiger partial charge is 0.248 e. The molecule has 2 amide bonds.